The molecule has 0 spiro atoms. The molecule has 5 heteroatoms. The zero-order valence-electron chi connectivity index (χ0n) is 11.7. The van der Waals surface area contributed by atoms with Gasteiger partial charge >= 0.3 is 0 Å². The summed E-state index contributed by atoms with van der Waals surface area (Å²) in [6, 6.07) is 5.09. The van der Waals surface area contributed by atoms with Crippen molar-refractivity contribution in [1.82, 2.24) is 10.2 Å². The molecule has 1 aromatic carbocycles. The molecule has 0 aromatic heterocycles. The Morgan fingerprint density at radius 2 is 2.15 bits per heavy atom. The zero-order chi connectivity index (χ0) is 14.5. The standard InChI is InChI=1S/C15H20BrFN2O/c1-2-10-19(11-6-8-18-9-7-11)15(20)12-4-3-5-13(16)14(12)17/h3-5,11,18H,2,6-10H2,1H3. The number of amides is 1. The summed E-state index contributed by atoms with van der Waals surface area (Å²) in [5.41, 5.74) is 0.159. The van der Waals surface area contributed by atoms with Crippen molar-refractivity contribution in [2.24, 2.45) is 0 Å². The van der Waals surface area contributed by atoms with Gasteiger partial charge in [-0.05, 0) is 60.4 Å². The second kappa shape index (κ2) is 7.18. The predicted molar refractivity (Wildman–Crippen MR) is 81.3 cm³/mol. The first-order valence-electron chi connectivity index (χ1n) is 7.10. The number of nitrogens with zero attached hydrogens (tertiary/aromatic N) is 1. The summed E-state index contributed by atoms with van der Waals surface area (Å²) in [5.74, 6) is -0.662. The van der Waals surface area contributed by atoms with Crippen LogP contribution < -0.4 is 5.32 Å². The van der Waals surface area contributed by atoms with Crippen molar-refractivity contribution in [2.45, 2.75) is 32.2 Å². The van der Waals surface area contributed by atoms with Crippen molar-refractivity contribution in [3.63, 3.8) is 0 Å². The third-order valence-corrected chi connectivity index (χ3v) is 4.27. The molecule has 1 aliphatic heterocycles. The SMILES string of the molecule is CCCN(C(=O)c1cccc(Br)c1F)C1CCNCC1. The maximum absolute atomic E-state index is 14.1. The van der Waals surface area contributed by atoms with Crippen LogP contribution in [0.15, 0.2) is 22.7 Å². The molecule has 0 unspecified atom stereocenters. The lowest BCUT2D eigenvalue weighted by atomic mass is 10.0. The molecule has 0 aliphatic carbocycles. The Balaban J connectivity index is 2.23. The van der Waals surface area contributed by atoms with Gasteiger partial charge in [-0.1, -0.05) is 13.0 Å². The monoisotopic (exact) mass is 342 g/mol. The van der Waals surface area contributed by atoms with Crippen LogP contribution in [0, 0.1) is 5.82 Å². The summed E-state index contributed by atoms with van der Waals surface area (Å²) in [4.78, 5) is 14.5. The smallest absolute Gasteiger partial charge is 0.257 e. The van der Waals surface area contributed by atoms with Gasteiger partial charge in [0.1, 0.15) is 5.82 Å². The average Bonchev–Trinajstić information content (AvgIpc) is 2.48. The van der Waals surface area contributed by atoms with Crippen LogP contribution in [-0.2, 0) is 0 Å². The number of benzene rings is 1. The molecule has 1 aromatic rings. The first-order chi connectivity index (χ1) is 9.65. The van der Waals surface area contributed by atoms with Crippen molar-refractivity contribution in [3.8, 4) is 0 Å². The molecular formula is C15H20BrFN2O. The van der Waals surface area contributed by atoms with E-state index in [0.29, 0.717) is 11.0 Å². The average molecular weight is 343 g/mol. The van der Waals surface area contributed by atoms with Gasteiger partial charge in [0.15, 0.2) is 0 Å². The minimum Gasteiger partial charge on any atom is -0.335 e. The van der Waals surface area contributed by atoms with Gasteiger partial charge in [0.2, 0.25) is 0 Å². The van der Waals surface area contributed by atoms with E-state index in [1.165, 1.54) is 0 Å². The van der Waals surface area contributed by atoms with E-state index in [0.717, 1.165) is 32.4 Å². The molecule has 1 N–H and O–H groups in total. The van der Waals surface area contributed by atoms with Crippen LogP contribution in [0.3, 0.4) is 0 Å². The van der Waals surface area contributed by atoms with E-state index in [2.05, 4.69) is 21.2 Å². The van der Waals surface area contributed by atoms with Gasteiger partial charge in [0, 0.05) is 12.6 Å². The summed E-state index contributed by atoms with van der Waals surface area (Å²) in [7, 11) is 0. The number of piperidine rings is 1. The van der Waals surface area contributed by atoms with Crippen molar-refractivity contribution in [3.05, 3.63) is 34.1 Å². The highest BCUT2D eigenvalue weighted by Crippen LogP contribution is 2.22. The molecule has 1 fully saturated rings. The Bertz CT molecular complexity index is 475. The lowest BCUT2D eigenvalue weighted by Gasteiger charge is -2.34. The minimum atomic E-state index is -0.465. The molecule has 20 heavy (non-hydrogen) atoms. The van der Waals surface area contributed by atoms with Crippen LogP contribution in [0.5, 0.6) is 0 Å². The van der Waals surface area contributed by atoms with Crippen LogP contribution in [0.4, 0.5) is 4.39 Å². The third-order valence-electron chi connectivity index (χ3n) is 3.66. The van der Waals surface area contributed by atoms with Crippen LogP contribution in [0.1, 0.15) is 36.5 Å². The normalized spacial score (nSPS) is 16.1. The van der Waals surface area contributed by atoms with Crippen LogP contribution in [0.2, 0.25) is 0 Å². The first-order valence-corrected chi connectivity index (χ1v) is 7.90. The number of halogens is 2. The van der Waals surface area contributed by atoms with Gasteiger partial charge in [0.05, 0.1) is 10.0 Å². The number of hydrogen-bond donors (Lipinski definition) is 1. The Morgan fingerprint density at radius 3 is 2.80 bits per heavy atom. The molecular weight excluding hydrogens is 323 g/mol. The van der Waals surface area contributed by atoms with Crippen molar-refractivity contribution < 1.29 is 9.18 Å². The first kappa shape index (κ1) is 15.4. The van der Waals surface area contributed by atoms with Crippen molar-refractivity contribution >= 4 is 21.8 Å². The molecule has 0 radical (unpaired) electrons. The highest BCUT2D eigenvalue weighted by atomic mass is 79.9. The van der Waals surface area contributed by atoms with Crippen molar-refractivity contribution in [1.29, 1.82) is 0 Å². The number of hydrogen-bond acceptors (Lipinski definition) is 2. The van der Waals surface area contributed by atoms with Gasteiger partial charge < -0.3 is 10.2 Å². The fourth-order valence-corrected chi connectivity index (χ4v) is 3.00. The van der Waals surface area contributed by atoms with E-state index in [1.54, 1.807) is 18.2 Å². The third kappa shape index (κ3) is 3.38. The largest absolute Gasteiger partial charge is 0.335 e. The van der Waals surface area contributed by atoms with E-state index in [1.807, 2.05) is 11.8 Å². The van der Waals surface area contributed by atoms with Crippen LogP contribution in [-0.4, -0.2) is 36.5 Å². The second-order valence-corrected chi connectivity index (χ2v) is 5.94. The number of rotatable bonds is 4. The summed E-state index contributed by atoms with van der Waals surface area (Å²) in [6.45, 7) is 4.55. The minimum absolute atomic E-state index is 0.159. The fraction of sp³-hybridized carbons (Fsp3) is 0.533. The molecule has 1 heterocycles. The molecule has 2 rings (SSSR count). The Kier molecular flexibility index (Phi) is 5.54. The second-order valence-electron chi connectivity index (χ2n) is 5.08. The molecule has 1 aliphatic rings. The van der Waals surface area contributed by atoms with E-state index in [4.69, 9.17) is 0 Å². The Morgan fingerprint density at radius 1 is 1.45 bits per heavy atom. The van der Waals surface area contributed by atoms with E-state index in [-0.39, 0.29) is 17.5 Å². The molecule has 0 atom stereocenters. The highest BCUT2D eigenvalue weighted by molar-refractivity contribution is 9.10. The number of nitrogens with one attached hydrogen (secondary N) is 1. The molecule has 0 bridgehead atoms. The maximum Gasteiger partial charge on any atom is 0.257 e. The summed E-state index contributed by atoms with van der Waals surface area (Å²) in [6.07, 6.45) is 2.74. The lowest BCUT2D eigenvalue weighted by Crippen LogP contribution is -2.46. The molecule has 1 amide bonds. The van der Waals surface area contributed by atoms with Gasteiger partial charge in [0.25, 0.3) is 5.91 Å². The molecule has 3 nitrogen and oxygen atoms in total. The van der Waals surface area contributed by atoms with Gasteiger partial charge in [-0.3, -0.25) is 4.79 Å². The summed E-state index contributed by atoms with van der Waals surface area (Å²) < 4.78 is 14.5. The van der Waals surface area contributed by atoms with Crippen molar-refractivity contribution in [2.75, 3.05) is 19.6 Å². The zero-order valence-corrected chi connectivity index (χ0v) is 13.2. The Hall–Kier alpha value is -0.940. The summed E-state index contributed by atoms with van der Waals surface area (Å²) in [5, 5.41) is 3.29. The number of carbonyl (C=O) groups is 1. The van der Waals surface area contributed by atoms with Gasteiger partial charge in [-0.2, -0.15) is 0 Å². The van der Waals surface area contributed by atoms with Gasteiger partial charge in [-0.15, -0.1) is 0 Å². The maximum atomic E-state index is 14.1. The van der Waals surface area contributed by atoms with E-state index < -0.39 is 5.82 Å². The van der Waals surface area contributed by atoms with Crippen LogP contribution in [0.25, 0.3) is 0 Å². The van der Waals surface area contributed by atoms with E-state index in [9.17, 15) is 9.18 Å². The predicted octanol–water partition coefficient (Wildman–Crippen LogP) is 3.19. The fourth-order valence-electron chi connectivity index (χ4n) is 2.63. The number of carbonyl (C=O) groups excluding carboxylic acids is 1. The lowest BCUT2D eigenvalue weighted by molar-refractivity contribution is 0.0637. The topological polar surface area (TPSA) is 32.3 Å². The van der Waals surface area contributed by atoms with Gasteiger partial charge in [-0.25, -0.2) is 4.39 Å². The quantitative estimate of drug-likeness (QED) is 0.911. The molecule has 110 valence electrons. The summed E-state index contributed by atoms with van der Waals surface area (Å²) >= 11 is 3.14. The van der Waals surface area contributed by atoms with Crippen LogP contribution >= 0.6 is 15.9 Å². The Labute approximate surface area is 127 Å². The molecule has 0 saturated carbocycles. The molecule has 1 saturated heterocycles. The highest BCUT2D eigenvalue weighted by Gasteiger charge is 2.27. The van der Waals surface area contributed by atoms with E-state index >= 15 is 0 Å².